The van der Waals surface area contributed by atoms with Crippen LogP contribution in [0, 0.1) is 5.92 Å². The summed E-state index contributed by atoms with van der Waals surface area (Å²) in [6.07, 6.45) is 4.64. The van der Waals surface area contributed by atoms with Crippen molar-refractivity contribution in [1.29, 1.82) is 0 Å². The number of carbonyl (C=O) groups excluding carboxylic acids is 3. The van der Waals surface area contributed by atoms with Gasteiger partial charge in [-0.15, -0.1) is 11.3 Å². The Hall–Kier alpha value is -2.78. The fourth-order valence-corrected chi connectivity index (χ4v) is 6.13. The highest BCUT2D eigenvalue weighted by molar-refractivity contribution is 7.09. The van der Waals surface area contributed by atoms with Gasteiger partial charge in [0.15, 0.2) is 0 Å². The van der Waals surface area contributed by atoms with E-state index in [1.165, 1.54) is 11.3 Å². The van der Waals surface area contributed by atoms with Crippen LogP contribution in [0.1, 0.15) is 65.6 Å². The van der Waals surface area contributed by atoms with Gasteiger partial charge in [0.25, 0.3) is 5.91 Å². The molecule has 2 aromatic rings. The molecule has 8 nitrogen and oxygen atoms in total. The quantitative estimate of drug-likeness (QED) is 0.516. The van der Waals surface area contributed by atoms with Crippen molar-refractivity contribution in [3.63, 3.8) is 0 Å². The number of nitrogens with one attached hydrogen (secondary N) is 2. The Kier molecular flexibility index (Phi) is 5.92. The standard InChI is InChI=1S/C24H28N4O4S/c29-12-5-1-4-10-25-20(30)18-14-33-21(26-18)19-9-6-11-28(19)22(31)16-13-24(16)15-7-2-3-8-17(15)27-23(24)32/h2-3,7-8,14,16,19,29H,1,4-6,9-13H2,(H,25,30)(H,27,32)/t16?,19?,24-/m0/s1. The molecule has 0 radical (unpaired) electrons. The van der Waals surface area contributed by atoms with E-state index in [1.54, 1.807) is 5.38 Å². The first-order valence-electron chi connectivity index (χ1n) is 11.6. The van der Waals surface area contributed by atoms with Gasteiger partial charge in [-0.1, -0.05) is 18.2 Å². The van der Waals surface area contributed by atoms with Gasteiger partial charge in [-0.2, -0.15) is 0 Å². The summed E-state index contributed by atoms with van der Waals surface area (Å²) in [5, 5.41) is 17.2. The lowest BCUT2D eigenvalue weighted by Crippen LogP contribution is -2.35. The molecule has 1 saturated heterocycles. The summed E-state index contributed by atoms with van der Waals surface area (Å²) in [5.41, 5.74) is 1.38. The smallest absolute Gasteiger partial charge is 0.270 e. The Morgan fingerprint density at radius 2 is 2.12 bits per heavy atom. The molecule has 9 heteroatoms. The summed E-state index contributed by atoms with van der Waals surface area (Å²) < 4.78 is 0. The minimum Gasteiger partial charge on any atom is -0.396 e. The zero-order chi connectivity index (χ0) is 23.0. The fourth-order valence-electron chi connectivity index (χ4n) is 5.19. The third-order valence-electron chi connectivity index (χ3n) is 7.02. The van der Waals surface area contributed by atoms with E-state index in [0.29, 0.717) is 25.2 Å². The van der Waals surface area contributed by atoms with Crippen molar-refractivity contribution in [1.82, 2.24) is 15.2 Å². The summed E-state index contributed by atoms with van der Waals surface area (Å²) in [6, 6.07) is 7.48. The van der Waals surface area contributed by atoms with Crippen LogP contribution in [0.3, 0.4) is 0 Å². The second-order valence-electron chi connectivity index (χ2n) is 9.03. The maximum atomic E-state index is 13.5. The van der Waals surface area contributed by atoms with Gasteiger partial charge in [0.05, 0.1) is 17.4 Å². The van der Waals surface area contributed by atoms with Crippen molar-refractivity contribution in [2.45, 2.75) is 50.0 Å². The van der Waals surface area contributed by atoms with Crippen LogP contribution in [0.15, 0.2) is 29.6 Å². The molecular formula is C24H28N4O4S. The third kappa shape index (κ3) is 3.83. The average molecular weight is 469 g/mol. The van der Waals surface area contributed by atoms with E-state index in [1.807, 2.05) is 29.2 Å². The van der Waals surface area contributed by atoms with Gasteiger partial charge in [0, 0.05) is 30.8 Å². The van der Waals surface area contributed by atoms with Crippen molar-refractivity contribution >= 4 is 34.7 Å². The van der Waals surface area contributed by atoms with Crippen molar-refractivity contribution in [3.05, 3.63) is 45.9 Å². The zero-order valence-corrected chi connectivity index (χ0v) is 19.2. The van der Waals surface area contributed by atoms with Crippen molar-refractivity contribution in [3.8, 4) is 0 Å². The van der Waals surface area contributed by atoms with Crippen LogP contribution in [-0.4, -0.2) is 52.4 Å². The highest BCUT2D eigenvalue weighted by atomic mass is 32.1. The molecule has 174 valence electrons. The molecule has 1 aromatic heterocycles. The summed E-state index contributed by atoms with van der Waals surface area (Å²) in [5.74, 6) is -0.624. The molecule has 1 saturated carbocycles. The number of aliphatic hydroxyl groups excluding tert-OH is 1. The number of nitrogens with zero attached hydrogens (tertiary/aromatic N) is 2. The monoisotopic (exact) mass is 468 g/mol. The molecule has 1 spiro atoms. The third-order valence-corrected chi connectivity index (χ3v) is 7.96. The van der Waals surface area contributed by atoms with Crippen LogP contribution in [0.4, 0.5) is 5.69 Å². The Labute approximate surface area is 196 Å². The molecule has 3 aliphatic rings. The summed E-state index contributed by atoms with van der Waals surface area (Å²) in [4.78, 5) is 45.1. The zero-order valence-electron chi connectivity index (χ0n) is 18.4. The Bertz CT molecular complexity index is 1090. The van der Waals surface area contributed by atoms with Crippen LogP contribution in [-0.2, 0) is 15.0 Å². The number of para-hydroxylation sites is 1. The second kappa shape index (κ2) is 8.87. The molecule has 2 unspecified atom stereocenters. The van der Waals surface area contributed by atoms with Gasteiger partial charge < -0.3 is 20.6 Å². The molecule has 3 heterocycles. The van der Waals surface area contributed by atoms with E-state index in [0.717, 1.165) is 48.4 Å². The van der Waals surface area contributed by atoms with Crippen molar-refractivity contribution in [2.75, 3.05) is 25.0 Å². The normalized spacial score (nSPS) is 25.2. The number of carbonyl (C=O) groups is 3. The van der Waals surface area contributed by atoms with Crippen LogP contribution in [0.5, 0.6) is 0 Å². The van der Waals surface area contributed by atoms with Crippen LogP contribution < -0.4 is 10.6 Å². The maximum absolute atomic E-state index is 13.5. The number of rotatable bonds is 8. The van der Waals surface area contributed by atoms with Crippen molar-refractivity contribution < 1.29 is 19.5 Å². The molecule has 1 aromatic carbocycles. The lowest BCUT2D eigenvalue weighted by molar-refractivity contribution is -0.135. The molecular weight excluding hydrogens is 440 g/mol. The lowest BCUT2D eigenvalue weighted by Gasteiger charge is -2.24. The Balaban J connectivity index is 1.25. The summed E-state index contributed by atoms with van der Waals surface area (Å²) in [7, 11) is 0. The number of hydrogen-bond acceptors (Lipinski definition) is 6. The van der Waals surface area contributed by atoms with E-state index >= 15 is 0 Å². The number of anilines is 1. The second-order valence-corrected chi connectivity index (χ2v) is 9.92. The predicted molar refractivity (Wildman–Crippen MR) is 124 cm³/mol. The van der Waals surface area contributed by atoms with E-state index in [2.05, 4.69) is 15.6 Å². The number of fused-ring (bicyclic) bond motifs is 2. The first-order chi connectivity index (χ1) is 16.1. The lowest BCUT2D eigenvalue weighted by atomic mass is 9.94. The first-order valence-corrected chi connectivity index (χ1v) is 12.5. The highest BCUT2D eigenvalue weighted by Crippen LogP contribution is 2.61. The molecule has 1 aliphatic carbocycles. The van der Waals surface area contributed by atoms with Crippen LogP contribution in [0.2, 0.25) is 0 Å². The number of amides is 3. The topological polar surface area (TPSA) is 112 Å². The van der Waals surface area contributed by atoms with Crippen LogP contribution in [0.25, 0.3) is 0 Å². The minimum absolute atomic E-state index is 0.00874. The predicted octanol–water partition coefficient (Wildman–Crippen LogP) is 2.61. The average Bonchev–Trinajstić information content (AvgIpc) is 3.13. The maximum Gasteiger partial charge on any atom is 0.270 e. The van der Waals surface area contributed by atoms with E-state index in [4.69, 9.17) is 5.11 Å². The number of aliphatic hydroxyl groups is 1. The van der Waals surface area contributed by atoms with Gasteiger partial charge in [-0.3, -0.25) is 14.4 Å². The molecule has 5 rings (SSSR count). The first kappa shape index (κ1) is 22.0. The number of aromatic nitrogens is 1. The fraction of sp³-hybridized carbons (Fsp3) is 0.500. The summed E-state index contributed by atoms with van der Waals surface area (Å²) in [6.45, 7) is 1.36. The molecule has 33 heavy (non-hydrogen) atoms. The molecule has 3 amide bonds. The SMILES string of the molecule is O=C(NCCCCCO)c1csc(C2CCCN2C(=O)C2C[C@@]23C(=O)Nc2ccccc23)n1. The van der Waals surface area contributed by atoms with Crippen molar-refractivity contribution in [2.24, 2.45) is 5.92 Å². The number of unbranched alkanes of at least 4 members (excludes halogenated alkanes) is 2. The molecule has 3 atom stereocenters. The largest absolute Gasteiger partial charge is 0.396 e. The van der Waals surface area contributed by atoms with Gasteiger partial charge in [0.1, 0.15) is 10.7 Å². The summed E-state index contributed by atoms with van der Waals surface area (Å²) >= 11 is 1.41. The Morgan fingerprint density at radius 3 is 2.97 bits per heavy atom. The van der Waals surface area contributed by atoms with E-state index < -0.39 is 5.41 Å². The molecule has 0 bridgehead atoms. The van der Waals surface area contributed by atoms with E-state index in [-0.39, 0.29) is 36.3 Å². The van der Waals surface area contributed by atoms with Gasteiger partial charge in [-0.25, -0.2) is 4.98 Å². The Morgan fingerprint density at radius 1 is 1.27 bits per heavy atom. The van der Waals surface area contributed by atoms with Gasteiger partial charge in [0.2, 0.25) is 11.8 Å². The molecule has 3 N–H and O–H groups in total. The van der Waals surface area contributed by atoms with Crippen LogP contribution >= 0.6 is 11.3 Å². The number of benzene rings is 1. The molecule has 2 fully saturated rings. The van der Waals surface area contributed by atoms with Gasteiger partial charge in [-0.05, 0) is 50.2 Å². The molecule has 2 aliphatic heterocycles. The minimum atomic E-state index is -0.731. The van der Waals surface area contributed by atoms with E-state index in [9.17, 15) is 14.4 Å². The number of thiazole rings is 1. The van der Waals surface area contributed by atoms with Gasteiger partial charge >= 0.3 is 0 Å². The number of hydrogen-bond donors (Lipinski definition) is 3. The highest BCUT2D eigenvalue weighted by Gasteiger charge is 2.68. The number of likely N-dealkylation sites (tertiary alicyclic amines) is 1.